The molecule has 2 fully saturated rings. The Morgan fingerprint density at radius 2 is 2.00 bits per heavy atom. The van der Waals surface area contributed by atoms with Crippen LogP contribution in [0.5, 0.6) is 0 Å². The molecule has 2 aliphatic rings. The Morgan fingerprint density at radius 3 is 2.65 bits per heavy atom. The van der Waals surface area contributed by atoms with Gasteiger partial charge in [0.1, 0.15) is 0 Å². The fraction of sp³-hybridized carbons (Fsp3) is 0.923. The molecule has 1 amide bonds. The number of amides is 1. The maximum absolute atomic E-state index is 12.1. The van der Waals surface area contributed by atoms with Crippen molar-refractivity contribution in [2.45, 2.75) is 38.6 Å². The zero-order chi connectivity index (χ0) is 12.3. The SMILES string of the molecule is CC1CCN(C(=O)CCN2CCCC2)CC1N. The van der Waals surface area contributed by atoms with E-state index in [-0.39, 0.29) is 6.04 Å². The van der Waals surface area contributed by atoms with E-state index in [1.807, 2.05) is 4.90 Å². The van der Waals surface area contributed by atoms with Crippen molar-refractivity contribution in [2.75, 3.05) is 32.7 Å². The monoisotopic (exact) mass is 239 g/mol. The van der Waals surface area contributed by atoms with E-state index in [1.54, 1.807) is 0 Å². The molecule has 2 rings (SSSR count). The normalized spacial score (nSPS) is 30.8. The number of likely N-dealkylation sites (tertiary alicyclic amines) is 2. The van der Waals surface area contributed by atoms with Crippen LogP contribution in [-0.4, -0.2) is 54.5 Å². The number of nitrogens with two attached hydrogens (primary N) is 1. The average Bonchev–Trinajstić information content (AvgIpc) is 2.82. The van der Waals surface area contributed by atoms with Crippen molar-refractivity contribution >= 4 is 5.91 Å². The zero-order valence-electron chi connectivity index (χ0n) is 10.9. The minimum atomic E-state index is 0.166. The number of piperidine rings is 1. The summed E-state index contributed by atoms with van der Waals surface area (Å²) in [6.07, 6.45) is 4.30. The molecule has 0 radical (unpaired) electrons. The van der Waals surface area contributed by atoms with Crippen LogP contribution in [0.3, 0.4) is 0 Å². The molecule has 2 aliphatic heterocycles. The van der Waals surface area contributed by atoms with Crippen LogP contribution in [0.4, 0.5) is 0 Å². The lowest BCUT2D eigenvalue weighted by molar-refractivity contribution is -0.133. The number of carbonyl (C=O) groups excluding carboxylic acids is 1. The van der Waals surface area contributed by atoms with E-state index in [0.29, 0.717) is 18.2 Å². The number of rotatable bonds is 3. The van der Waals surface area contributed by atoms with Crippen molar-refractivity contribution in [1.29, 1.82) is 0 Å². The number of hydrogen-bond donors (Lipinski definition) is 1. The van der Waals surface area contributed by atoms with Gasteiger partial charge in [0, 0.05) is 32.1 Å². The van der Waals surface area contributed by atoms with E-state index >= 15 is 0 Å². The summed E-state index contributed by atoms with van der Waals surface area (Å²) in [5.74, 6) is 0.844. The van der Waals surface area contributed by atoms with E-state index in [4.69, 9.17) is 5.73 Å². The van der Waals surface area contributed by atoms with Crippen molar-refractivity contribution in [1.82, 2.24) is 9.80 Å². The van der Waals surface area contributed by atoms with Gasteiger partial charge in [-0.1, -0.05) is 6.92 Å². The molecule has 2 heterocycles. The molecule has 0 spiro atoms. The highest BCUT2D eigenvalue weighted by atomic mass is 16.2. The summed E-state index contributed by atoms with van der Waals surface area (Å²) in [7, 11) is 0. The molecule has 2 saturated heterocycles. The standard InChI is InChI=1S/C13H25N3O/c1-11-4-9-16(10-12(11)14)13(17)5-8-15-6-2-3-7-15/h11-12H,2-10,14H2,1H3. The van der Waals surface area contributed by atoms with Crippen LogP contribution in [0.25, 0.3) is 0 Å². The van der Waals surface area contributed by atoms with Crippen molar-refractivity contribution in [3.8, 4) is 0 Å². The largest absolute Gasteiger partial charge is 0.341 e. The predicted molar refractivity (Wildman–Crippen MR) is 68.6 cm³/mol. The Morgan fingerprint density at radius 1 is 1.29 bits per heavy atom. The molecule has 0 aromatic rings. The summed E-state index contributed by atoms with van der Waals surface area (Å²) in [4.78, 5) is 16.4. The van der Waals surface area contributed by atoms with Crippen LogP contribution < -0.4 is 5.73 Å². The second kappa shape index (κ2) is 5.83. The van der Waals surface area contributed by atoms with Crippen molar-refractivity contribution in [3.63, 3.8) is 0 Å². The number of hydrogen-bond acceptors (Lipinski definition) is 3. The first-order chi connectivity index (χ1) is 8.16. The van der Waals surface area contributed by atoms with Crippen LogP contribution in [0.2, 0.25) is 0 Å². The third-order valence-corrected chi connectivity index (χ3v) is 4.21. The van der Waals surface area contributed by atoms with Gasteiger partial charge in [0.05, 0.1) is 0 Å². The second-order valence-corrected chi connectivity index (χ2v) is 5.57. The summed E-state index contributed by atoms with van der Waals surface area (Å²) >= 11 is 0. The lowest BCUT2D eigenvalue weighted by Gasteiger charge is -2.35. The molecule has 0 bridgehead atoms. The van der Waals surface area contributed by atoms with E-state index in [9.17, 15) is 4.79 Å². The smallest absolute Gasteiger partial charge is 0.223 e. The third kappa shape index (κ3) is 3.42. The fourth-order valence-corrected chi connectivity index (χ4v) is 2.74. The van der Waals surface area contributed by atoms with Gasteiger partial charge >= 0.3 is 0 Å². The van der Waals surface area contributed by atoms with Crippen LogP contribution in [0.15, 0.2) is 0 Å². The molecular formula is C13H25N3O. The average molecular weight is 239 g/mol. The van der Waals surface area contributed by atoms with Gasteiger partial charge in [-0.3, -0.25) is 4.79 Å². The summed E-state index contributed by atoms with van der Waals surface area (Å²) in [5, 5.41) is 0. The van der Waals surface area contributed by atoms with Crippen molar-refractivity contribution in [3.05, 3.63) is 0 Å². The van der Waals surface area contributed by atoms with Gasteiger partial charge in [0.15, 0.2) is 0 Å². The molecule has 4 nitrogen and oxygen atoms in total. The molecule has 2 unspecified atom stereocenters. The highest BCUT2D eigenvalue weighted by Crippen LogP contribution is 2.16. The first-order valence-corrected chi connectivity index (χ1v) is 6.92. The molecule has 0 saturated carbocycles. The maximum atomic E-state index is 12.1. The Hall–Kier alpha value is -0.610. The molecule has 98 valence electrons. The molecule has 17 heavy (non-hydrogen) atoms. The lowest BCUT2D eigenvalue weighted by Crippen LogP contribution is -2.50. The van der Waals surface area contributed by atoms with E-state index in [2.05, 4.69) is 11.8 Å². The van der Waals surface area contributed by atoms with Crippen molar-refractivity contribution in [2.24, 2.45) is 11.7 Å². The summed E-state index contributed by atoms with van der Waals surface area (Å²) in [6, 6.07) is 0.166. The maximum Gasteiger partial charge on any atom is 0.223 e. The number of carbonyl (C=O) groups is 1. The molecule has 0 aromatic heterocycles. The molecule has 0 aromatic carbocycles. The third-order valence-electron chi connectivity index (χ3n) is 4.21. The fourth-order valence-electron chi connectivity index (χ4n) is 2.74. The molecule has 4 heteroatoms. The van der Waals surface area contributed by atoms with Gasteiger partial charge in [-0.15, -0.1) is 0 Å². The Labute approximate surface area is 104 Å². The summed E-state index contributed by atoms with van der Waals surface area (Å²) in [5.41, 5.74) is 6.02. The quantitative estimate of drug-likeness (QED) is 0.787. The summed E-state index contributed by atoms with van der Waals surface area (Å²) < 4.78 is 0. The molecule has 2 N–H and O–H groups in total. The van der Waals surface area contributed by atoms with Gasteiger partial charge < -0.3 is 15.5 Å². The first kappa shape index (κ1) is 12.8. The van der Waals surface area contributed by atoms with Crippen LogP contribution in [0, 0.1) is 5.92 Å². The summed E-state index contributed by atoms with van der Waals surface area (Å²) in [6.45, 7) is 7.10. The van der Waals surface area contributed by atoms with E-state index in [1.165, 1.54) is 25.9 Å². The Kier molecular flexibility index (Phi) is 4.40. The highest BCUT2D eigenvalue weighted by Gasteiger charge is 2.26. The zero-order valence-corrected chi connectivity index (χ0v) is 10.9. The van der Waals surface area contributed by atoms with Crippen LogP contribution >= 0.6 is 0 Å². The minimum absolute atomic E-state index is 0.166. The first-order valence-electron chi connectivity index (χ1n) is 6.92. The van der Waals surface area contributed by atoms with Gasteiger partial charge in [-0.05, 0) is 38.3 Å². The molecular weight excluding hydrogens is 214 g/mol. The van der Waals surface area contributed by atoms with Gasteiger partial charge in [0.2, 0.25) is 5.91 Å². The Balaban J connectivity index is 1.72. The highest BCUT2D eigenvalue weighted by molar-refractivity contribution is 5.76. The Bertz CT molecular complexity index is 263. The van der Waals surface area contributed by atoms with Gasteiger partial charge in [-0.2, -0.15) is 0 Å². The van der Waals surface area contributed by atoms with Gasteiger partial charge in [-0.25, -0.2) is 0 Å². The second-order valence-electron chi connectivity index (χ2n) is 5.57. The van der Waals surface area contributed by atoms with E-state index in [0.717, 1.165) is 26.1 Å². The van der Waals surface area contributed by atoms with Crippen LogP contribution in [0.1, 0.15) is 32.6 Å². The lowest BCUT2D eigenvalue weighted by atomic mass is 9.94. The van der Waals surface area contributed by atoms with E-state index < -0.39 is 0 Å². The minimum Gasteiger partial charge on any atom is -0.341 e. The van der Waals surface area contributed by atoms with Crippen molar-refractivity contribution < 1.29 is 4.79 Å². The van der Waals surface area contributed by atoms with Crippen LogP contribution in [-0.2, 0) is 4.79 Å². The molecule has 2 atom stereocenters. The molecule has 0 aliphatic carbocycles. The topological polar surface area (TPSA) is 49.6 Å². The number of nitrogens with zero attached hydrogens (tertiary/aromatic N) is 2. The predicted octanol–water partition coefficient (Wildman–Crippen LogP) is 0.668. The van der Waals surface area contributed by atoms with Gasteiger partial charge in [0.25, 0.3) is 0 Å².